The number of hydrogen-bond acceptors (Lipinski definition) is 4. The predicted octanol–water partition coefficient (Wildman–Crippen LogP) is 0.909. The summed E-state index contributed by atoms with van der Waals surface area (Å²) in [6.45, 7) is 0.0163. The summed E-state index contributed by atoms with van der Waals surface area (Å²) in [6.07, 6.45) is 1.69. The van der Waals surface area contributed by atoms with Gasteiger partial charge in [0.15, 0.2) is 0 Å². The van der Waals surface area contributed by atoms with Crippen LogP contribution in [-0.2, 0) is 23.6 Å². The summed E-state index contributed by atoms with van der Waals surface area (Å²) >= 11 is 0. The Labute approximate surface area is 115 Å². The fourth-order valence-corrected chi connectivity index (χ4v) is 2.59. The van der Waals surface area contributed by atoms with Crippen molar-refractivity contribution in [2.45, 2.75) is 11.4 Å². The maximum atomic E-state index is 13.2. The molecule has 1 N–H and O–H groups in total. The number of hydrogen-bond donors (Lipinski definition) is 1. The highest BCUT2D eigenvalue weighted by atomic mass is 32.2. The second-order valence-electron chi connectivity index (χ2n) is 4.06. The van der Waals surface area contributed by atoms with Crippen molar-refractivity contribution in [2.24, 2.45) is 7.05 Å². The lowest BCUT2D eigenvalue weighted by Crippen LogP contribution is -2.23. The largest absolute Gasteiger partial charge is 0.276 e. The van der Waals surface area contributed by atoms with Gasteiger partial charge in [-0.1, -0.05) is 0 Å². The summed E-state index contributed by atoms with van der Waals surface area (Å²) < 4.78 is 41.1. The molecule has 20 heavy (non-hydrogen) atoms. The number of nitrogens with zero attached hydrogens (tertiary/aromatic N) is 3. The number of sulfonamides is 1. The van der Waals surface area contributed by atoms with Gasteiger partial charge in [-0.25, -0.2) is 17.5 Å². The maximum absolute atomic E-state index is 13.2. The molecule has 0 bridgehead atoms. The summed E-state index contributed by atoms with van der Waals surface area (Å²) in [5.74, 6) is -0.754. The topological polar surface area (TPSA) is 87.8 Å². The van der Waals surface area contributed by atoms with Gasteiger partial charge in [0.1, 0.15) is 11.9 Å². The Kier molecular flexibility index (Phi) is 3.83. The maximum Gasteiger partial charge on any atom is 0.240 e. The number of rotatable bonds is 4. The van der Waals surface area contributed by atoms with E-state index in [9.17, 15) is 12.8 Å². The minimum absolute atomic E-state index is 0.0163. The Morgan fingerprint density at radius 2 is 2.20 bits per heavy atom. The molecule has 1 heterocycles. The van der Waals surface area contributed by atoms with E-state index in [1.165, 1.54) is 0 Å². The molecule has 104 valence electrons. The van der Waals surface area contributed by atoms with Gasteiger partial charge < -0.3 is 0 Å². The third-order valence-corrected chi connectivity index (χ3v) is 3.98. The first-order chi connectivity index (χ1) is 9.42. The second kappa shape index (κ2) is 5.40. The van der Waals surface area contributed by atoms with Crippen molar-refractivity contribution < 1.29 is 12.8 Å². The van der Waals surface area contributed by atoms with Crippen LogP contribution in [0.4, 0.5) is 4.39 Å². The van der Waals surface area contributed by atoms with Gasteiger partial charge in [-0.2, -0.15) is 10.4 Å². The van der Waals surface area contributed by atoms with Crippen LogP contribution in [0, 0.1) is 17.1 Å². The Hall–Kier alpha value is -2.24. The Morgan fingerprint density at radius 1 is 1.45 bits per heavy atom. The lowest BCUT2D eigenvalue weighted by atomic mass is 10.2. The third-order valence-electron chi connectivity index (χ3n) is 2.58. The van der Waals surface area contributed by atoms with Gasteiger partial charge in [0.2, 0.25) is 10.0 Å². The quantitative estimate of drug-likeness (QED) is 0.908. The van der Waals surface area contributed by atoms with E-state index in [0.29, 0.717) is 5.69 Å². The van der Waals surface area contributed by atoms with Crippen molar-refractivity contribution in [1.29, 1.82) is 5.26 Å². The standard InChI is InChI=1S/C12H11FN4O2S/c1-17-5-4-10(16-17)8-15-20(18,19)11-2-3-12(13)9(6-11)7-14/h2-6,15H,8H2,1H3. The van der Waals surface area contributed by atoms with E-state index in [2.05, 4.69) is 9.82 Å². The van der Waals surface area contributed by atoms with Crippen LogP contribution in [0.5, 0.6) is 0 Å². The average Bonchev–Trinajstić information content (AvgIpc) is 2.83. The van der Waals surface area contributed by atoms with E-state index in [4.69, 9.17) is 5.26 Å². The zero-order valence-electron chi connectivity index (χ0n) is 10.5. The highest BCUT2D eigenvalue weighted by Crippen LogP contribution is 2.14. The highest BCUT2D eigenvalue weighted by Gasteiger charge is 2.16. The summed E-state index contributed by atoms with van der Waals surface area (Å²) in [5, 5.41) is 12.7. The van der Waals surface area contributed by atoms with Gasteiger partial charge in [-0.05, 0) is 24.3 Å². The molecule has 0 unspecified atom stereocenters. The van der Waals surface area contributed by atoms with E-state index in [0.717, 1.165) is 18.2 Å². The van der Waals surface area contributed by atoms with E-state index < -0.39 is 15.8 Å². The van der Waals surface area contributed by atoms with Crippen LogP contribution in [0.2, 0.25) is 0 Å². The summed E-state index contributed by atoms with van der Waals surface area (Å²) in [4.78, 5) is -0.161. The van der Waals surface area contributed by atoms with Crippen molar-refractivity contribution in [2.75, 3.05) is 0 Å². The number of nitrogens with one attached hydrogen (secondary N) is 1. The number of aromatic nitrogens is 2. The van der Waals surface area contributed by atoms with Crippen molar-refractivity contribution in [3.63, 3.8) is 0 Å². The van der Waals surface area contributed by atoms with Crippen molar-refractivity contribution in [3.05, 3.63) is 47.5 Å². The van der Waals surface area contributed by atoms with Crippen LogP contribution in [0.15, 0.2) is 35.4 Å². The van der Waals surface area contributed by atoms with Crippen LogP contribution in [0.1, 0.15) is 11.3 Å². The van der Waals surface area contributed by atoms with E-state index >= 15 is 0 Å². The first-order valence-corrected chi connectivity index (χ1v) is 7.08. The monoisotopic (exact) mass is 294 g/mol. The molecule has 0 aliphatic rings. The minimum Gasteiger partial charge on any atom is -0.276 e. The zero-order chi connectivity index (χ0) is 14.8. The molecule has 1 aromatic heterocycles. The third kappa shape index (κ3) is 3.01. The van der Waals surface area contributed by atoms with Crippen LogP contribution >= 0.6 is 0 Å². The van der Waals surface area contributed by atoms with Crippen LogP contribution in [0.25, 0.3) is 0 Å². The Morgan fingerprint density at radius 3 is 2.80 bits per heavy atom. The molecule has 1 aromatic carbocycles. The number of benzene rings is 1. The second-order valence-corrected chi connectivity index (χ2v) is 5.83. The normalized spacial score (nSPS) is 11.2. The van der Waals surface area contributed by atoms with Gasteiger partial charge in [-0.3, -0.25) is 4.68 Å². The fourth-order valence-electron chi connectivity index (χ4n) is 1.57. The molecule has 2 rings (SSSR count). The zero-order valence-corrected chi connectivity index (χ0v) is 11.4. The van der Waals surface area contributed by atoms with Gasteiger partial charge in [-0.15, -0.1) is 0 Å². The van der Waals surface area contributed by atoms with E-state index in [1.807, 2.05) is 0 Å². The summed E-state index contributed by atoms with van der Waals surface area (Å²) in [6, 6.07) is 6.33. The smallest absolute Gasteiger partial charge is 0.240 e. The highest BCUT2D eigenvalue weighted by molar-refractivity contribution is 7.89. The molecule has 8 heteroatoms. The Bertz CT molecular complexity index is 777. The molecule has 2 aromatic rings. The number of halogens is 1. The van der Waals surface area contributed by atoms with Crippen LogP contribution in [-0.4, -0.2) is 18.2 Å². The molecular weight excluding hydrogens is 283 g/mol. The lowest BCUT2D eigenvalue weighted by molar-refractivity contribution is 0.578. The average molecular weight is 294 g/mol. The molecular formula is C12H11FN4O2S. The minimum atomic E-state index is -3.82. The molecule has 0 atom stereocenters. The van der Waals surface area contributed by atoms with Gasteiger partial charge in [0.25, 0.3) is 0 Å². The van der Waals surface area contributed by atoms with E-state index in [-0.39, 0.29) is 17.0 Å². The SMILES string of the molecule is Cn1ccc(CNS(=O)(=O)c2ccc(F)c(C#N)c2)n1. The van der Waals surface area contributed by atoms with Crippen molar-refractivity contribution >= 4 is 10.0 Å². The van der Waals surface area contributed by atoms with Gasteiger partial charge >= 0.3 is 0 Å². The molecule has 0 fully saturated rings. The van der Waals surface area contributed by atoms with Crippen molar-refractivity contribution in [3.8, 4) is 6.07 Å². The molecule has 0 spiro atoms. The molecule has 0 saturated carbocycles. The Balaban J connectivity index is 2.20. The number of aryl methyl sites for hydroxylation is 1. The van der Waals surface area contributed by atoms with Crippen LogP contribution in [0.3, 0.4) is 0 Å². The first-order valence-electron chi connectivity index (χ1n) is 5.60. The molecule has 0 saturated heterocycles. The molecule has 0 radical (unpaired) electrons. The molecule has 0 amide bonds. The molecule has 6 nitrogen and oxygen atoms in total. The molecule has 0 aliphatic heterocycles. The van der Waals surface area contributed by atoms with Gasteiger partial charge in [0.05, 0.1) is 22.7 Å². The predicted molar refractivity (Wildman–Crippen MR) is 68.3 cm³/mol. The number of nitriles is 1. The lowest BCUT2D eigenvalue weighted by Gasteiger charge is -2.06. The molecule has 0 aliphatic carbocycles. The van der Waals surface area contributed by atoms with Gasteiger partial charge in [0, 0.05) is 13.2 Å². The first kappa shape index (κ1) is 14.2. The van der Waals surface area contributed by atoms with Crippen molar-refractivity contribution in [1.82, 2.24) is 14.5 Å². The summed E-state index contributed by atoms with van der Waals surface area (Å²) in [7, 11) is -2.10. The van der Waals surface area contributed by atoms with Crippen LogP contribution < -0.4 is 4.72 Å². The summed E-state index contributed by atoms with van der Waals surface area (Å²) in [5.41, 5.74) is 0.240. The van der Waals surface area contributed by atoms with E-state index in [1.54, 1.807) is 30.1 Å². The fraction of sp³-hybridized carbons (Fsp3) is 0.167.